The van der Waals surface area contributed by atoms with E-state index in [2.05, 4.69) is 25.1 Å². The van der Waals surface area contributed by atoms with E-state index in [4.69, 9.17) is 9.47 Å². The first-order valence-corrected chi connectivity index (χ1v) is 7.02. The summed E-state index contributed by atoms with van der Waals surface area (Å²) in [5, 5.41) is 11.8. The molecule has 0 fully saturated rings. The SMILES string of the molecule is COC1=NC(c2nnc3n2CCCCN3)=CC(OC)N1C. The predicted octanol–water partition coefficient (Wildman–Crippen LogP) is 0.745. The summed E-state index contributed by atoms with van der Waals surface area (Å²) < 4.78 is 12.8. The number of ether oxygens (including phenoxy) is 2. The van der Waals surface area contributed by atoms with Crippen LogP contribution in [-0.2, 0) is 16.0 Å². The van der Waals surface area contributed by atoms with Crippen molar-refractivity contribution in [3.8, 4) is 0 Å². The maximum Gasteiger partial charge on any atom is 0.294 e. The molecule has 0 saturated heterocycles. The topological polar surface area (TPSA) is 76.8 Å². The van der Waals surface area contributed by atoms with Crippen LogP contribution < -0.4 is 5.32 Å². The number of hydrogen-bond donors (Lipinski definition) is 1. The van der Waals surface area contributed by atoms with Crippen molar-refractivity contribution in [1.29, 1.82) is 0 Å². The largest absolute Gasteiger partial charge is 0.468 e. The summed E-state index contributed by atoms with van der Waals surface area (Å²) in [6, 6.07) is 0.498. The smallest absolute Gasteiger partial charge is 0.294 e. The minimum atomic E-state index is -0.237. The Hall–Kier alpha value is -2.09. The molecule has 1 unspecified atom stereocenters. The molecule has 0 aromatic carbocycles. The summed E-state index contributed by atoms with van der Waals surface area (Å²) >= 11 is 0. The average Bonchev–Trinajstić information content (AvgIpc) is 2.76. The number of nitrogens with zero attached hydrogens (tertiary/aromatic N) is 5. The van der Waals surface area contributed by atoms with Crippen molar-refractivity contribution in [3.05, 3.63) is 11.9 Å². The molecule has 0 spiro atoms. The van der Waals surface area contributed by atoms with Crippen molar-refractivity contribution in [3.63, 3.8) is 0 Å². The zero-order valence-corrected chi connectivity index (χ0v) is 12.5. The van der Waals surface area contributed by atoms with Crippen LogP contribution in [0.3, 0.4) is 0 Å². The van der Waals surface area contributed by atoms with E-state index < -0.39 is 0 Å². The molecule has 8 heteroatoms. The molecule has 21 heavy (non-hydrogen) atoms. The van der Waals surface area contributed by atoms with E-state index in [0.717, 1.165) is 43.4 Å². The van der Waals surface area contributed by atoms with Gasteiger partial charge in [0.2, 0.25) is 5.95 Å². The molecule has 8 nitrogen and oxygen atoms in total. The lowest BCUT2D eigenvalue weighted by atomic mass is 10.3. The number of methoxy groups -OCH3 is 2. The van der Waals surface area contributed by atoms with Gasteiger partial charge in [0, 0.05) is 27.2 Å². The Balaban J connectivity index is 1.99. The van der Waals surface area contributed by atoms with Gasteiger partial charge in [-0.2, -0.15) is 4.99 Å². The maximum atomic E-state index is 5.45. The van der Waals surface area contributed by atoms with E-state index in [1.807, 2.05) is 18.0 Å². The first-order valence-electron chi connectivity index (χ1n) is 7.02. The molecule has 0 aliphatic carbocycles. The third kappa shape index (κ3) is 2.46. The molecule has 0 amide bonds. The van der Waals surface area contributed by atoms with Crippen LogP contribution >= 0.6 is 0 Å². The van der Waals surface area contributed by atoms with Crippen LogP contribution in [0.15, 0.2) is 11.1 Å². The Morgan fingerprint density at radius 3 is 2.90 bits per heavy atom. The van der Waals surface area contributed by atoms with Gasteiger partial charge in [-0.3, -0.25) is 9.47 Å². The van der Waals surface area contributed by atoms with E-state index in [0.29, 0.717) is 6.02 Å². The molecule has 0 saturated carbocycles. The van der Waals surface area contributed by atoms with Crippen LogP contribution in [0.5, 0.6) is 0 Å². The number of hydrogen-bond acceptors (Lipinski definition) is 7. The quantitative estimate of drug-likeness (QED) is 0.866. The second-order valence-corrected chi connectivity index (χ2v) is 5.02. The highest BCUT2D eigenvalue weighted by molar-refractivity contribution is 5.83. The number of likely N-dealkylation sites (N-methyl/N-ethyl adjacent to an activating group) is 1. The number of amidine groups is 1. The second-order valence-electron chi connectivity index (χ2n) is 5.02. The monoisotopic (exact) mass is 292 g/mol. The number of anilines is 1. The Morgan fingerprint density at radius 1 is 1.29 bits per heavy atom. The van der Waals surface area contributed by atoms with Crippen molar-refractivity contribution in [2.45, 2.75) is 25.6 Å². The summed E-state index contributed by atoms with van der Waals surface area (Å²) in [5.41, 5.74) is 0.722. The summed E-state index contributed by atoms with van der Waals surface area (Å²) in [4.78, 5) is 6.33. The fourth-order valence-electron chi connectivity index (χ4n) is 2.55. The molecule has 3 heterocycles. The third-order valence-corrected chi connectivity index (χ3v) is 3.70. The van der Waals surface area contributed by atoms with E-state index >= 15 is 0 Å². The van der Waals surface area contributed by atoms with Gasteiger partial charge in [0.05, 0.1) is 7.11 Å². The summed E-state index contributed by atoms with van der Waals surface area (Å²) in [5.74, 6) is 1.54. The van der Waals surface area contributed by atoms with Gasteiger partial charge in [-0.25, -0.2) is 0 Å². The maximum absolute atomic E-state index is 5.45. The highest BCUT2D eigenvalue weighted by Crippen LogP contribution is 2.25. The summed E-state index contributed by atoms with van der Waals surface area (Å²) in [6.45, 7) is 1.81. The fraction of sp³-hybridized carbons (Fsp3) is 0.615. The molecule has 1 atom stereocenters. The fourth-order valence-corrected chi connectivity index (χ4v) is 2.55. The molecule has 114 valence electrons. The Bertz CT molecular complexity index is 579. The van der Waals surface area contributed by atoms with E-state index in [9.17, 15) is 0 Å². The van der Waals surface area contributed by atoms with Crippen LogP contribution in [0.25, 0.3) is 5.70 Å². The van der Waals surface area contributed by atoms with Crippen LogP contribution in [0.2, 0.25) is 0 Å². The molecule has 3 rings (SSSR count). The molecule has 1 N–H and O–H groups in total. The lowest BCUT2D eigenvalue weighted by Crippen LogP contribution is -2.40. The van der Waals surface area contributed by atoms with Gasteiger partial charge >= 0.3 is 0 Å². The molecule has 0 bridgehead atoms. The zero-order valence-electron chi connectivity index (χ0n) is 12.5. The standard InChI is InChI=1S/C13H20N6O2/c1-18-10(20-2)8-9(15-13(18)21-3)11-16-17-12-14-6-4-5-7-19(11)12/h8,10H,4-7H2,1-3H3,(H,14,17). The van der Waals surface area contributed by atoms with Gasteiger partial charge < -0.3 is 14.8 Å². The molecular weight excluding hydrogens is 272 g/mol. The molecule has 1 aromatic rings. The Morgan fingerprint density at radius 2 is 2.14 bits per heavy atom. The summed E-state index contributed by atoms with van der Waals surface area (Å²) in [7, 11) is 5.12. The Labute approximate surface area is 123 Å². The third-order valence-electron chi connectivity index (χ3n) is 3.70. The molecule has 2 aliphatic heterocycles. The van der Waals surface area contributed by atoms with Crippen molar-refractivity contribution in [1.82, 2.24) is 19.7 Å². The number of rotatable bonds is 2. The first kappa shape index (κ1) is 13.9. The second kappa shape index (κ2) is 5.72. The van der Waals surface area contributed by atoms with Crippen LogP contribution in [0.1, 0.15) is 18.7 Å². The lowest BCUT2D eigenvalue weighted by molar-refractivity contribution is 0.0434. The van der Waals surface area contributed by atoms with E-state index in [1.165, 1.54) is 0 Å². The molecule has 1 aromatic heterocycles. The zero-order chi connectivity index (χ0) is 14.8. The highest BCUT2D eigenvalue weighted by atomic mass is 16.5. The number of aromatic nitrogens is 3. The van der Waals surface area contributed by atoms with Gasteiger partial charge in [0.15, 0.2) is 12.1 Å². The van der Waals surface area contributed by atoms with Gasteiger partial charge in [-0.1, -0.05) is 0 Å². The van der Waals surface area contributed by atoms with E-state index in [1.54, 1.807) is 14.2 Å². The number of aliphatic imine (C=N–C) groups is 1. The van der Waals surface area contributed by atoms with Gasteiger partial charge in [-0.05, 0) is 18.9 Å². The van der Waals surface area contributed by atoms with Gasteiger partial charge in [-0.15, -0.1) is 10.2 Å². The van der Waals surface area contributed by atoms with E-state index in [-0.39, 0.29) is 6.23 Å². The van der Waals surface area contributed by atoms with Crippen LogP contribution in [0.4, 0.5) is 5.95 Å². The normalized spacial score (nSPS) is 21.9. The number of nitrogens with one attached hydrogen (secondary N) is 1. The lowest BCUT2D eigenvalue weighted by Gasteiger charge is -2.29. The highest BCUT2D eigenvalue weighted by Gasteiger charge is 2.26. The molecule has 0 radical (unpaired) electrons. The van der Waals surface area contributed by atoms with Crippen molar-refractivity contribution in [2.75, 3.05) is 33.1 Å². The average molecular weight is 292 g/mol. The van der Waals surface area contributed by atoms with Gasteiger partial charge in [0.1, 0.15) is 5.70 Å². The van der Waals surface area contributed by atoms with Crippen molar-refractivity contribution in [2.24, 2.45) is 4.99 Å². The molecular formula is C13H20N6O2. The predicted molar refractivity (Wildman–Crippen MR) is 78.7 cm³/mol. The molecule has 2 aliphatic rings. The van der Waals surface area contributed by atoms with Crippen LogP contribution in [-0.4, -0.2) is 59.7 Å². The summed E-state index contributed by atoms with van der Waals surface area (Å²) in [6.07, 6.45) is 3.90. The number of fused-ring (bicyclic) bond motifs is 1. The van der Waals surface area contributed by atoms with Gasteiger partial charge in [0.25, 0.3) is 6.02 Å². The Kier molecular flexibility index (Phi) is 3.78. The minimum Gasteiger partial charge on any atom is -0.468 e. The van der Waals surface area contributed by atoms with Crippen LogP contribution in [0, 0.1) is 0 Å². The van der Waals surface area contributed by atoms with Crippen molar-refractivity contribution < 1.29 is 9.47 Å². The first-order chi connectivity index (χ1) is 10.2. The van der Waals surface area contributed by atoms with Crippen molar-refractivity contribution >= 4 is 17.7 Å². The minimum absolute atomic E-state index is 0.237.